The third-order valence-corrected chi connectivity index (χ3v) is 1.38. The van der Waals surface area contributed by atoms with Crippen molar-refractivity contribution in [1.29, 1.82) is 0 Å². The van der Waals surface area contributed by atoms with Gasteiger partial charge in [-0.3, -0.25) is 0 Å². The molecule has 3 nitrogen and oxygen atoms in total. The van der Waals surface area contributed by atoms with E-state index in [2.05, 4.69) is 5.32 Å². The first-order valence-corrected chi connectivity index (χ1v) is 3.19. The zero-order valence-corrected chi connectivity index (χ0v) is 6.72. The van der Waals surface area contributed by atoms with Crippen molar-refractivity contribution in [2.24, 2.45) is 0 Å². The molecule has 0 bridgehead atoms. The summed E-state index contributed by atoms with van der Waals surface area (Å²) in [7, 11) is 3.54. The molecule has 0 aliphatic heterocycles. The molecule has 1 aromatic rings. The first-order valence-electron chi connectivity index (χ1n) is 3.19. The second kappa shape index (κ2) is 4.57. The van der Waals surface area contributed by atoms with Gasteiger partial charge in [0.15, 0.2) is 0 Å². The monoisotopic (exact) mass is 155 g/mol. The maximum atomic E-state index is 5.07. The topological polar surface area (TPSA) is 52.8 Å². The Labute approximate surface area is 66.3 Å². The van der Waals surface area contributed by atoms with Gasteiger partial charge in [0, 0.05) is 7.05 Å². The number of anilines is 1. The summed E-state index contributed by atoms with van der Waals surface area (Å²) in [6, 6.07) is 7.80. The summed E-state index contributed by atoms with van der Waals surface area (Å²) in [5.74, 6) is 0.880. The van der Waals surface area contributed by atoms with E-state index in [1.54, 1.807) is 7.11 Å². The third kappa shape index (κ3) is 2.13. The van der Waals surface area contributed by atoms with Crippen molar-refractivity contribution in [2.75, 3.05) is 19.5 Å². The molecule has 0 heterocycles. The first kappa shape index (κ1) is 9.78. The Bertz CT molecular complexity index is 190. The largest absolute Gasteiger partial charge is 0.495 e. The van der Waals surface area contributed by atoms with Crippen molar-refractivity contribution in [3.63, 3.8) is 0 Å². The van der Waals surface area contributed by atoms with Crippen molar-refractivity contribution in [1.82, 2.24) is 0 Å². The highest BCUT2D eigenvalue weighted by Crippen LogP contribution is 2.21. The van der Waals surface area contributed by atoms with Crippen LogP contribution in [0, 0.1) is 0 Å². The van der Waals surface area contributed by atoms with E-state index in [0.29, 0.717) is 0 Å². The predicted molar refractivity (Wildman–Crippen MR) is 46.2 cm³/mol. The van der Waals surface area contributed by atoms with E-state index in [-0.39, 0.29) is 5.48 Å². The SMILES string of the molecule is CNc1ccccc1OC.O. The van der Waals surface area contributed by atoms with Crippen LogP contribution in [0.2, 0.25) is 0 Å². The molecule has 3 N–H and O–H groups in total. The average Bonchev–Trinajstić information content (AvgIpc) is 2.04. The highest BCUT2D eigenvalue weighted by molar-refractivity contribution is 5.55. The Morgan fingerprint density at radius 2 is 1.91 bits per heavy atom. The molecule has 0 aliphatic rings. The van der Waals surface area contributed by atoms with Gasteiger partial charge in [0.05, 0.1) is 12.8 Å². The van der Waals surface area contributed by atoms with Crippen molar-refractivity contribution >= 4 is 5.69 Å². The molecular formula is C8H13NO2. The van der Waals surface area contributed by atoms with Crippen LogP contribution in [0.15, 0.2) is 24.3 Å². The summed E-state index contributed by atoms with van der Waals surface area (Å²) in [6.07, 6.45) is 0. The van der Waals surface area contributed by atoms with Crippen LogP contribution in [0.4, 0.5) is 5.69 Å². The van der Waals surface area contributed by atoms with Gasteiger partial charge in [0.25, 0.3) is 0 Å². The minimum Gasteiger partial charge on any atom is -0.495 e. The van der Waals surface area contributed by atoms with Crippen molar-refractivity contribution in [3.05, 3.63) is 24.3 Å². The fourth-order valence-electron chi connectivity index (χ4n) is 0.851. The van der Waals surface area contributed by atoms with Crippen LogP contribution in [0.5, 0.6) is 5.75 Å². The fourth-order valence-corrected chi connectivity index (χ4v) is 0.851. The van der Waals surface area contributed by atoms with Gasteiger partial charge in [-0.2, -0.15) is 0 Å². The van der Waals surface area contributed by atoms with Gasteiger partial charge in [-0.05, 0) is 12.1 Å². The van der Waals surface area contributed by atoms with Crippen molar-refractivity contribution < 1.29 is 10.2 Å². The van der Waals surface area contributed by atoms with E-state index in [1.807, 2.05) is 31.3 Å². The maximum Gasteiger partial charge on any atom is 0.141 e. The average molecular weight is 155 g/mol. The van der Waals surface area contributed by atoms with Gasteiger partial charge in [-0.1, -0.05) is 12.1 Å². The molecule has 1 aromatic carbocycles. The Hall–Kier alpha value is -1.22. The predicted octanol–water partition coefficient (Wildman–Crippen LogP) is 0.912. The number of hydrogen-bond acceptors (Lipinski definition) is 2. The lowest BCUT2D eigenvalue weighted by Crippen LogP contribution is -1.91. The van der Waals surface area contributed by atoms with Crippen LogP contribution in [-0.2, 0) is 0 Å². The molecule has 0 aliphatic carbocycles. The molecule has 11 heavy (non-hydrogen) atoms. The maximum absolute atomic E-state index is 5.07. The summed E-state index contributed by atoms with van der Waals surface area (Å²) < 4.78 is 5.07. The van der Waals surface area contributed by atoms with Gasteiger partial charge < -0.3 is 15.5 Å². The molecule has 0 amide bonds. The molecule has 0 spiro atoms. The summed E-state index contributed by atoms with van der Waals surface area (Å²) in [4.78, 5) is 0. The smallest absolute Gasteiger partial charge is 0.141 e. The first-order chi connectivity index (χ1) is 4.88. The van der Waals surface area contributed by atoms with Crippen molar-refractivity contribution in [2.45, 2.75) is 0 Å². The normalized spacial score (nSPS) is 8.18. The zero-order chi connectivity index (χ0) is 7.40. The molecular weight excluding hydrogens is 142 g/mol. The molecule has 0 unspecified atom stereocenters. The molecule has 62 valence electrons. The summed E-state index contributed by atoms with van der Waals surface area (Å²) in [5.41, 5.74) is 1.02. The molecule has 0 atom stereocenters. The lowest BCUT2D eigenvalue weighted by Gasteiger charge is -2.05. The van der Waals surface area contributed by atoms with E-state index in [0.717, 1.165) is 11.4 Å². The van der Waals surface area contributed by atoms with Crippen molar-refractivity contribution in [3.8, 4) is 5.75 Å². The van der Waals surface area contributed by atoms with Gasteiger partial charge in [-0.15, -0.1) is 0 Å². The van der Waals surface area contributed by atoms with E-state index in [1.165, 1.54) is 0 Å². The number of hydrogen-bond donors (Lipinski definition) is 1. The number of para-hydroxylation sites is 2. The minimum absolute atomic E-state index is 0. The number of methoxy groups -OCH3 is 1. The quantitative estimate of drug-likeness (QED) is 0.690. The Morgan fingerprint density at radius 3 is 2.36 bits per heavy atom. The standard InChI is InChI=1S/C8H11NO.H2O/c1-9-7-5-3-4-6-8(7)10-2;/h3-6,9H,1-2H3;1H2. The van der Waals surface area contributed by atoms with E-state index in [4.69, 9.17) is 4.74 Å². The van der Waals surface area contributed by atoms with Crippen LogP contribution in [0.3, 0.4) is 0 Å². The molecule has 0 saturated carbocycles. The summed E-state index contributed by atoms with van der Waals surface area (Å²) in [6.45, 7) is 0. The summed E-state index contributed by atoms with van der Waals surface area (Å²) in [5, 5.41) is 3.02. The highest BCUT2D eigenvalue weighted by atomic mass is 16.5. The van der Waals surface area contributed by atoms with Gasteiger partial charge in [-0.25, -0.2) is 0 Å². The van der Waals surface area contributed by atoms with Gasteiger partial charge in [0.1, 0.15) is 5.75 Å². The molecule has 0 radical (unpaired) electrons. The lowest BCUT2D eigenvalue weighted by atomic mass is 10.3. The molecule has 0 fully saturated rings. The van der Waals surface area contributed by atoms with Crippen LogP contribution >= 0.6 is 0 Å². The molecule has 3 heteroatoms. The van der Waals surface area contributed by atoms with Gasteiger partial charge in [0.2, 0.25) is 0 Å². The number of nitrogens with one attached hydrogen (secondary N) is 1. The van der Waals surface area contributed by atoms with Gasteiger partial charge >= 0.3 is 0 Å². The highest BCUT2D eigenvalue weighted by Gasteiger charge is 1.95. The van der Waals surface area contributed by atoms with E-state index in [9.17, 15) is 0 Å². The second-order valence-electron chi connectivity index (χ2n) is 1.95. The Morgan fingerprint density at radius 1 is 1.27 bits per heavy atom. The van der Waals surface area contributed by atoms with E-state index < -0.39 is 0 Å². The Kier molecular flexibility index (Phi) is 4.07. The lowest BCUT2D eigenvalue weighted by molar-refractivity contribution is 0.416. The number of benzene rings is 1. The second-order valence-corrected chi connectivity index (χ2v) is 1.95. The van der Waals surface area contributed by atoms with Crippen LogP contribution < -0.4 is 10.1 Å². The zero-order valence-electron chi connectivity index (χ0n) is 6.72. The molecule has 0 saturated heterocycles. The van der Waals surface area contributed by atoms with Crippen LogP contribution in [0.25, 0.3) is 0 Å². The number of rotatable bonds is 2. The van der Waals surface area contributed by atoms with E-state index >= 15 is 0 Å². The molecule has 0 aromatic heterocycles. The molecule has 1 rings (SSSR count). The fraction of sp³-hybridized carbons (Fsp3) is 0.250. The van der Waals surface area contributed by atoms with Crippen LogP contribution in [0.1, 0.15) is 0 Å². The van der Waals surface area contributed by atoms with Crippen LogP contribution in [-0.4, -0.2) is 19.6 Å². The third-order valence-electron chi connectivity index (χ3n) is 1.38. The minimum atomic E-state index is 0. The number of ether oxygens (including phenoxy) is 1. The Balaban J connectivity index is 0.000001000. The summed E-state index contributed by atoms with van der Waals surface area (Å²) >= 11 is 0.